The number of rotatable bonds is 6. The van der Waals surface area contributed by atoms with Crippen LogP contribution >= 0.6 is 0 Å². The Bertz CT molecular complexity index is 534. The Morgan fingerprint density at radius 3 is 2.63 bits per heavy atom. The molecule has 7 nitrogen and oxygen atoms in total. The number of aliphatic hydroxyl groups excluding tert-OH is 1. The van der Waals surface area contributed by atoms with E-state index in [9.17, 15) is 13.5 Å². The van der Waals surface area contributed by atoms with Gasteiger partial charge in [-0.05, 0) is 27.2 Å². The average Bonchev–Trinajstić information content (AvgIpc) is 2.59. The van der Waals surface area contributed by atoms with Gasteiger partial charge < -0.3 is 10.8 Å². The molecule has 1 heterocycles. The topological polar surface area (TPSA) is 110 Å². The molecular weight excluding hydrogens is 268 g/mol. The van der Waals surface area contributed by atoms with E-state index in [1.165, 1.54) is 17.8 Å². The van der Waals surface area contributed by atoms with Crippen LogP contribution in [0.5, 0.6) is 0 Å². The lowest BCUT2D eigenvalue weighted by Gasteiger charge is -2.28. The molecule has 0 aromatic carbocycles. The molecule has 0 spiro atoms. The molecule has 110 valence electrons. The van der Waals surface area contributed by atoms with Crippen molar-refractivity contribution in [1.82, 2.24) is 14.5 Å². The van der Waals surface area contributed by atoms with E-state index in [0.717, 1.165) is 6.42 Å². The third kappa shape index (κ3) is 3.68. The fraction of sp³-hybridized carbons (Fsp3) is 0.727. The van der Waals surface area contributed by atoms with Crippen molar-refractivity contribution in [2.45, 2.75) is 57.2 Å². The van der Waals surface area contributed by atoms with E-state index in [1.807, 2.05) is 6.92 Å². The summed E-state index contributed by atoms with van der Waals surface area (Å²) in [6, 6.07) is 0. The molecule has 1 atom stereocenters. The molecule has 1 aromatic rings. The number of sulfonamides is 1. The van der Waals surface area contributed by atoms with Gasteiger partial charge in [0.05, 0.1) is 11.6 Å². The van der Waals surface area contributed by atoms with Crippen molar-refractivity contribution < 1.29 is 13.5 Å². The lowest BCUT2D eigenvalue weighted by Crippen LogP contribution is -2.50. The molecule has 0 fully saturated rings. The van der Waals surface area contributed by atoms with Gasteiger partial charge in [-0.2, -0.15) is 5.10 Å². The van der Waals surface area contributed by atoms with Crippen molar-refractivity contribution in [3.8, 4) is 0 Å². The Labute approximate surface area is 113 Å². The Morgan fingerprint density at radius 1 is 1.58 bits per heavy atom. The van der Waals surface area contributed by atoms with Gasteiger partial charge in [0.2, 0.25) is 10.0 Å². The van der Waals surface area contributed by atoms with Crippen molar-refractivity contribution >= 4 is 15.8 Å². The van der Waals surface area contributed by atoms with Gasteiger partial charge >= 0.3 is 0 Å². The summed E-state index contributed by atoms with van der Waals surface area (Å²) in [5.74, 6) is -0.0395. The molecule has 1 unspecified atom stereocenters. The molecule has 0 bridgehead atoms. The molecule has 0 amide bonds. The molecule has 0 aliphatic carbocycles. The van der Waals surface area contributed by atoms with Crippen molar-refractivity contribution in [2.24, 2.45) is 0 Å². The molecule has 0 aliphatic rings. The average molecular weight is 290 g/mol. The van der Waals surface area contributed by atoms with Crippen LogP contribution in [0.15, 0.2) is 11.1 Å². The summed E-state index contributed by atoms with van der Waals surface area (Å²) < 4.78 is 28.4. The van der Waals surface area contributed by atoms with Gasteiger partial charge in [0, 0.05) is 12.7 Å². The van der Waals surface area contributed by atoms with Gasteiger partial charge in [0.25, 0.3) is 0 Å². The maximum absolute atomic E-state index is 12.2. The number of aliphatic hydroxyl groups is 1. The number of anilines is 1. The van der Waals surface area contributed by atoms with E-state index in [1.54, 1.807) is 13.8 Å². The van der Waals surface area contributed by atoms with Crippen LogP contribution in [0.25, 0.3) is 0 Å². The summed E-state index contributed by atoms with van der Waals surface area (Å²) in [7, 11) is -3.81. The van der Waals surface area contributed by atoms with Gasteiger partial charge in [-0.3, -0.25) is 4.68 Å². The number of aromatic nitrogens is 2. The summed E-state index contributed by atoms with van der Waals surface area (Å²) >= 11 is 0. The van der Waals surface area contributed by atoms with Crippen molar-refractivity contribution in [3.63, 3.8) is 0 Å². The zero-order chi connectivity index (χ0) is 14.8. The van der Waals surface area contributed by atoms with E-state index in [4.69, 9.17) is 5.73 Å². The van der Waals surface area contributed by atoms with Crippen LogP contribution in [-0.2, 0) is 16.6 Å². The minimum absolute atomic E-state index is 0.0395. The zero-order valence-corrected chi connectivity index (χ0v) is 12.5. The van der Waals surface area contributed by atoms with Crippen LogP contribution in [-0.4, -0.2) is 34.9 Å². The van der Waals surface area contributed by atoms with Gasteiger partial charge in [0.15, 0.2) is 5.82 Å². The summed E-state index contributed by atoms with van der Waals surface area (Å²) in [5, 5.41) is 13.5. The molecule has 0 aliphatic heterocycles. The second-order valence-corrected chi connectivity index (χ2v) is 6.80. The quantitative estimate of drug-likeness (QED) is 0.698. The molecule has 1 rings (SSSR count). The minimum Gasteiger partial charge on any atom is -0.391 e. The second kappa shape index (κ2) is 5.48. The normalized spacial score (nSPS) is 14.6. The fourth-order valence-electron chi connectivity index (χ4n) is 1.46. The van der Waals surface area contributed by atoms with Crippen molar-refractivity contribution in [3.05, 3.63) is 6.20 Å². The van der Waals surface area contributed by atoms with E-state index in [2.05, 4.69) is 9.82 Å². The van der Waals surface area contributed by atoms with Crippen molar-refractivity contribution in [2.75, 3.05) is 5.73 Å². The third-order valence-corrected chi connectivity index (χ3v) is 4.63. The zero-order valence-electron chi connectivity index (χ0n) is 11.7. The number of nitrogen functional groups attached to an aromatic ring is 1. The van der Waals surface area contributed by atoms with Crippen LogP contribution in [0.3, 0.4) is 0 Å². The second-order valence-electron chi connectivity index (χ2n) is 5.14. The number of nitrogens with one attached hydrogen (secondary N) is 1. The first-order valence-corrected chi connectivity index (χ1v) is 7.63. The molecule has 4 N–H and O–H groups in total. The lowest BCUT2D eigenvalue weighted by molar-refractivity contribution is 0.111. The lowest BCUT2D eigenvalue weighted by atomic mass is 10.0. The highest BCUT2D eigenvalue weighted by Crippen LogP contribution is 2.20. The van der Waals surface area contributed by atoms with Gasteiger partial charge in [-0.25, -0.2) is 13.1 Å². The molecule has 1 aromatic heterocycles. The molecule has 19 heavy (non-hydrogen) atoms. The largest absolute Gasteiger partial charge is 0.391 e. The molecule has 0 saturated carbocycles. The minimum atomic E-state index is -3.81. The standard InChI is InChI=1S/C11H22N4O3S/c1-5-6-15-7-9(10(12)13-15)19(17,18)14-11(3,4)8(2)16/h7-8,14,16H,5-6H2,1-4H3,(H2,12,13). The number of nitrogens with two attached hydrogens (primary N) is 1. The molecular formula is C11H22N4O3S. The van der Waals surface area contributed by atoms with Gasteiger partial charge in [0.1, 0.15) is 4.90 Å². The number of aryl methyl sites for hydroxylation is 1. The first kappa shape index (κ1) is 15.9. The van der Waals surface area contributed by atoms with E-state index in [-0.39, 0.29) is 10.7 Å². The smallest absolute Gasteiger partial charge is 0.246 e. The van der Waals surface area contributed by atoms with Crippen molar-refractivity contribution in [1.29, 1.82) is 0 Å². The Morgan fingerprint density at radius 2 is 2.16 bits per heavy atom. The maximum atomic E-state index is 12.2. The predicted octanol–water partition coefficient (Wildman–Crippen LogP) is 0.313. The van der Waals surface area contributed by atoms with Crippen LogP contribution in [0.4, 0.5) is 5.82 Å². The molecule has 0 saturated heterocycles. The summed E-state index contributed by atoms with van der Waals surface area (Å²) in [6.07, 6.45) is 1.39. The monoisotopic (exact) mass is 290 g/mol. The highest BCUT2D eigenvalue weighted by atomic mass is 32.2. The fourth-order valence-corrected chi connectivity index (χ4v) is 3.00. The van der Waals surface area contributed by atoms with Gasteiger partial charge in [-0.1, -0.05) is 6.92 Å². The summed E-state index contributed by atoms with van der Waals surface area (Å²) in [6.45, 7) is 7.27. The van der Waals surface area contributed by atoms with E-state index >= 15 is 0 Å². The number of nitrogens with zero attached hydrogens (tertiary/aromatic N) is 2. The number of hydrogen-bond acceptors (Lipinski definition) is 5. The third-order valence-electron chi connectivity index (χ3n) is 2.94. The van der Waals surface area contributed by atoms with Crippen LogP contribution in [0.2, 0.25) is 0 Å². The SMILES string of the molecule is CCCn1cc(S(=O)(=O)NC(C)(C)C(C)O)c(N)n1. The van der Waals surface area contributed by atoms with Gasteiger partial charge in [-0.15, -0.1) is 0 Å². The summed E-state index contributed by atoms with van der Waals surface area (Å²) in [5.41, 5.74) is 4.65. The van der Waals surface area contributed by atoms with E-state index < -0.39 is 21.7 Å². The maximum Gasteiger partial charge on any atom is 0.246 e. The Kier molecular flexibility index (Phi) is 4.59. The van der Waals surface area contributed by atoms with Crippen LogP contribution in [0, 0.1) is 0 Å². The highest BCUT2D eigenvalue weighted by Gasteiger charge is 2.32. The number of hydrogen-bond donors (Lipinski definition) is 3. The predicted molar refractivity (Wildman–Crippen MR) is 73.0 cm³/mol. The first-order valence-electron chi connectivity index (χ1n) is 6.15. The first-order chi connectivity index (χ1) is 8.60. The van der Waals surface area contributed by atoms with E-state index in [0.29, 0.717) is 6.54 Å². The Balaban J connectivity index is 3.07. The Hall–Kier alpha value is -1.12. The molecule has 0 radical (unpaired) electrons. The highest BCUT2D eigenvalue weighted by molar-refractivity contribution is 7.89. The van der Waals surface area contributed by atoms with Crippen LogP contribution < -0.4 is 10.5 Å². The van der Waals surface area contributed by atoms with Crippen LogP contribution in [0.1, 0.15) is 34.1 Å². The summed E-state index contributed by atoms with van der Waals surface area (Å²) in [4.78, 5) is -0.0605. The molecule has 8 heteroatoms.